The van der Waals surface area contributed by atoms with Crippen LogP contribution in [0.15, 0.2) is 6.33 Å². The fourth-order valence-corrected chi connectivity index (χ4v) is 3.50. The Balaban J connectivity index is 1.80. The number of amides is 1. The number of aromatic nitrogens is 2. The fraction of sp³-hybridized carbons (Fsp3) is 0.625. The van der Waals surface area contributed by atoms with E-state index in [2.05, 4.69) is 32.0 Å². The zero-order valence-electron chi connectivity index (χ0n) is 13.6. The van der Waals surface area contributed by atoms with E-state index in [1.165, 1.54) is 0 Å². The molecule has 2 aliphatic rings. The number of carbonyl (C=O) groups is 1. The topological polar surface area (TPSA) is 65.7 Å². The van der Waals surface area contributed by atoms with Gasteiger partial charge in [0.15, 0.2) is 0 Å². The molecule has 23 heavy (non-hydrogen) atoms. The summed E-state index contributed by atoms with van der Waals surface area (Å²) in [6.45, 7) is 11.3. The third-order valence-electron chi connectivity index (χ3n) is 4.91. The first-order valence-electron chi connectivity index (χ1n) is 8.03. The van der Waals surface area contributed by atoms with E-state index in [-0.39, 0.29) is 18.5 Å². The second kappa shape index (κ2) is 6.41. The molecule has 0 aromatic carbocycles. The molecule has 2 aliphatic heterocycles. The fourth-order valence-electron chi connectivity index (χ4n) is 3.50. The lowest BCUT2D eigenvalue weighted by Gasteiger charge is -2.42. The molecule has 1 saturated heterocycles. The minimum Gasteiger partial charge on any atom is -0.369 e. The molecule has 1 aromatic heterocycles. The van der Waals surface area contributed by atoms with Crippen LogP contribution in [0.25, 0.3) is 4.85 Å². The van der Waals surface area contributed by atoms with Crippen molar-refractivity contribution in [2.45, 2.75) is 25.8 Å². The smallest absolute Gasteiger partial charge is 0.302 e. The van der Waals surface area contributed by atoms with Crippen molar-refractivity contribution in [1.82, 2.24) is 14.9 Å². The Labute approximate surface area is 136 Å². The van der Waals surface area contributed by atoms with Crippen molar-refractivity contribution in [2.75, 3.05) is 43.4 Å². The van der Waals surface area contributed by atoms with Crippen LogP contribution in [0.2, 0.25) is 0 Å². The molecule has 7 nitrogen and oxygen atoms in total. The van der Waals surface area contributed by atoms with Crippen LogP contribution in [0.1, 0.15) is 18.9 Å². The number of anilines is 2. The summed E-state index contributed by atoms with van der Waals surface area (Å²) < 4.78 is 0. The number of nitrogens with zero attached hydrogens (tertiary/aromatic N) is 5. The van der Waals surface area contributed by atoms with Crippen molar-refractivity contribution >= 4 is 17.5 Å². The van der Waals surface area contributed by atoms with Gasteiger partial charge < -0.3 is 20.0 Å². The Morgan fingerprint density at radius 3 is 3.17 bits per heavy atom. The zero-order chi connectivity index (χ0) is 16.4. The van der Waals surface area contributed by atoms with Crippen molar-refractivity contribution in [3.8, 4) is 0 Å². The molecule has 0 saturated carbocycles. The normalized spacial score (nSPS) is 22.9. The van der Waals surface area contributed by atoms with Crippen LogP contribution in [0, 0.1) is 12.5 Å². The molecule has 0 spiro atoms. The van der Waals surface area contributed by atoms with E-state index in [1.54, 1.807) is 6.33 Å². The molecule has 7 heteroatoms. The summed E-state index contributed by atoms with van der Waals surface area (Å²) in [4.78, 5) is 28.1. The molecule has 1 aromatic rings. The summed E-state index contributed by atoms with van der Waals surface area (Å²) in [6.07, 6.45) is 3.47. The predicted molar refractivity (Wildman–Crippen MR) is 88.2 cm³/mol. The molecule has 122 valence electrons. The van der Waals surface area contributed by atoms with E-state index >= 15 is 0 Å². The van der Waals surface area contributed by atoms with Crippen LogP contribution < -0.4 is 10.2 Å². The third kappa shape index (κ3) is 2.93. The van der Waals surface area contributed by atoms with E-state index in [0.717, 1.165) is 43.1 Å². The number of nitrogens with one attached hydrogen (secondary N) is 1. The number of likely N-dealkylation sites (N-methyl/N-ethyl adjacent to an activating group) is 1. The maximum absolute atomic E-state index is 12.1. The lowest BCUT2D eigenvalue weighted by atomic mass is 9.92. The SMILES string of the molecule is [C-]#[N+]CC(=O)N1CC[C@@H](C)[C@@H](N(C)c2ncnc3c2CCN3)C1. The van der Waals surface area contributed by atoms with Crippen LogP contribution >= 0.6 is 0 Å². The van der Waals surface area contributed by atoms with Crippen molar-refractivity contribution in [3.63, 3.8) is 0 Å². The highest BCUT2D eigenvalue weighted by molar-refractivity contribution is 5.80. The van der Waals surface area contributed by atoms with Crippen LogP contribution in [-0.4, -0.2) is 60.0 Å². The summed E-state index contributed by atoms with van der Waals surface area (Å²) in [6, 6.07) is 0.207. The molecule has 2 atom stereocenters. The highest BCUT2D eigenvalue weighted by Crippen LogP contribution is 2.31. The Bertz CT molecular complexity index is 640. The van der Waals surface area contributed by atoms with E-state index in [9.17, 15) is 4.79 Å². The molecule has 3 rings (SSSR count). The van der Waals surface area contributed by atoms with Gasteiger partial charge in [-0.2, -0.15) is 0 Å². The van der Waals surface area contributed by atoms with Gasteiger partial charge in [-0.05, 0) is 18.8 Å². The van der Waals surface area contributed by atoms with Gasteiger partial charge in [0.25, 0.3) is 6.54 Å². The van der Waals surface area contributed by atoms with Crippen LogP contribution in [-0.2, 0) is 11.2 Å². The van der Waals surface area contributed by atoms with E-state index in [0.29, 0.717) is 12.5 Å². The summed E-state index contributed by atoms with van der Waals surface area (Å²) in [5, 5.41) is 3.28. The Kier molecular flexibility index (Phi) is 4.33. The van der Waals surface area contributed by atoms with Gasteiger partial charge in [0.2, 0.25) is 0 Å². The van der Waals surface area contributed by atoms with Crippen molar-refractivity contribution < 1.29 is 4.79 Å². The molecule has 1 N–H and O–H groups in total. The lowest BCUT2D eigenvalue weighted by molar-refractivity contribution is -0.130. The van der Waals surface area contributed by atoms with Gasteiger partial charge in [-0.25, -0.2) is 16.5 Å². The first-order chi connectivity index (χ1) is 11.1. The van der Waals surface area contributed by atoms with Gasteiger partial charge in [0, 0.05) is 32.2 Å². The van der Waals surface area contributed by atoms with Crippen molar-refractivity contribution in [2.24, 2.45) is 5.92 Å². The molecular weight excluding hydrogens is 292 g/mol. The minimum atomic E-state index is -0.0696. The lowest BCUT2D eigenvalue weighted by Crippen LogP contribution is -2.53. The number of carbonyl (C=O) groups excluding carboxylic acids is 1. The van der Waals surface area contributed by atoms with E-state index in [1.807, 2.05) is 11.9 Å². The molecule has 1 fully saturated rings. The average molecular weight is 314 g/mol. The third-order valence-corrected chi connectivity index (χ3v) is 4.91. The maximum atomic E-state index is 12.1. The molecule has 0 unspecified atom stereocenters. The van der Waals surface area contributed by atoms with Gasteiger partial charge in [0.05, 0.1) is 6.04 Å². The highest BCUT2D eigenvalue weighted by atomic mass is 16.2. The molecule has 0 bridgehead atoms. The van der Waals surface area contributed by atoms with Crippen LogP contribution in [0.4, 0.5) is 11.6 Å². The number of hydrogen-bond donors (Lipinski definition) is 1. The Morgan fingerprint density at radius 1 is 1.57 bits per heavy atom. The quantitative estimate of drug-likeness (QED) is 0.845. The average Bonchev–Trinajstić information content (AvgIpc) is 3.03. The van der Waals surface area contributed by atoms with Crippen molar-refractivity contribution in [1.29, 1.82) is 0 Å². The first-order valence-corrected chi connectivity index (χ1v) is 8.03. The number of piperidine rings is 1. The molecule has 3 heterocycles. The molecular formula is C16H22N6O. The maximum Gasteiger partial charge on any atom is 0.302 e. The summed E-state index contributed by atoms with van der Waals surface area (Å²) in [7, 11) is 2.05. The first kappa shape index (κ1) is 15.5. The van der Waals surface area contributed by atoms with Crippen LogP contribution in [0.5, 0.6) is 0 Å². The second-order valence-corrected chi connectivity index (χ2v) is 6.30. The zero-order valence-corrected chi connectivity index (χ0v) is 13.6. The number of likely N-dealkylation sites (tertiary alicyclic amines) is 1. The predicted octanol–water partition coefficient (Wildman–Crippen LogP) is 1.04. The molecule has 0 radical (unpaired) electrons. The Hall–Kier alpha value is -2.36. The van der Waals surface area contributed by atoms with Crippen LogP contribution in [0.3, 0.4) is 0 Å². The largest absolute Gasteiger partial charge is 0.369 e. The van der Waals surface area contributed by atoms with Crippen molar-refractivity contribution in [3.05, 3.63) is 23.3 Å². The van der Waals surface area contributed by atoms with Gasteiger partial charge >= 0.3 is 5.91 Å². The summed E-state index contributed by atoms with van der Waals surface area (Å²) >= 11 is 0. The summed E-state index contributed by atoms with van der Waals surface area (Å²) in [5.74, 6) is 2.28. The Morgan fingerprint density at radius 2 is 2.39 bits per heavy atom. The van der Waals surface area contributed by atoms with Gasteiger partial charge in [-0.15, -0.1) is 0 Å². The van der Waals surface area contributed by atoms with E-state index in [4.69, 9.17) is 6.57 Å². The van der Waals surface area contributed by atoms with E-state index < -0.39 is 0 Å². The second-order valence-electron chi connectivity index (χ2n) is 6.30. The number of rotatable bonds is 3. The van der Waals surface area contributed by atoms with Gasteiger partial charge in [0.1, 0.15) is 18.0 Å². The number of fused-ring (bicyclic) bond motifs is 1. The monoisotopic (exact) mass is 314 g/mol. The minimum absolute atomic E-state index is 0.0579. The highest BCUT2D eigenvalue weighted by Gasteiger charge is 2.34. The van der Waals surface area contributed by atoms with Gasteiger partial charge in [-0.1, -0.05) is 6.92 Å². The molecule has 0 aliphatic carbocycles. The summed E-state index contributed by atoms with van der Waals surface area (Å²) in [5.41, 5.74) is 1.16. The number of hydrogen-bond acceptors (Lipinski definition) is 5. The standard InChI is InChI=1S/C16H22N6O/c1-11-5-7-22(14(23)8-17-2)9-13(11)21(3)16-12-4-6-18-15(12)19-10-20-16/h10-11,13H,4-9H2,1,3H3,(H,18,19,20)/t11-,13+/m1/s1. The molecule has 1 amide bonds. The van der Waals surface area contributed by atoms with Gasteiger partial charge in [-0.3, -0.25) is 4.79 Å².